The van der Waals surface area contributed by atoms with Gasteiger partial charge < -0.3 is 4.74 Å². The topological polar surface area (TPSA) is 9.23 Å². The molecule has 82 valence electrons. The fourth-order valence-corrected chi connectivity index (χ4v) is 3.03. The normalized spacial score (nSPS) is 45.0. The molecule has 1 heteroatoms. The molecule has 0 aromatic carbocycles. The zero-order valence-electron chi connectivity index (χ0n) is 9.67. The molecular formula is C13H24O. The van der Waals surface area contributed by atoms with E-state index >= 15 is 0 Å². The van der Waals surface area contributed by atoms with Crippen LogP contribution >= 0.6 is 0 Å². The van der Waals surface area contributed by atoms with Crippen LogP contribution in [-0.4, -0.2) is 12.7 Å². The maximum atomic E-state index is 5.77. The lowest BCUT2D eigenvalue weighted by Crippen LogP contribution is -2.31. The van der Waals surface area contributed by atoms with Crippen molar-refractivity contribution in [1.82, 2.24) is 0 Å². The minimum Gasteiger partial charge on any atom is -0.378 e. The standard InChI is InChI=1S/C13H24O/c1-10-3-6-12(7-4-10)13-8-5-11(2)14-9-13/h10-13H,3-9H2,1-2H3. The second-order valence-corrected chi connectivity index (χ2v) is 5.50. The first-order valence-corrected chi connectivity index (χ1v) is 6.37. The van der Waals surface area contributed by atoms with E-state index in [1.807, 2.05) is 0 Å². The molecule has 2 rings (SSSR count). The summed E-state index contributed by atoms with van der Waals surface area (Å²) in [7, 11) is 0. The highest BCUT2D eigenvalue weighted by molar-refractivity contribution is 4.79. The maximum Gasteiger partial charge on any atom is 0.0547 e. The van der Waals surface area contributed by atoms with Gasteiger partial charge in [0, 0.05) is 0 Å². The molecule has 1 heterocycles. The average molecular weight is 196 g/mol. The predicted octanol–water partition coefficient (Wildman–Crippen LogP) is 3.63. The molecule has 2 unspecified atom stereocenters. The summed E-state index contributed by atoms with van der Waals surface area (Å²) in [5, 5.41) is 0. The zero-order valence-corrected chi connectivity index (χ0v) is 9.67. The number of hydrogen-bond acceptors (Lipinski definition) is 1. The summed E-state index contributed by atoms with van der Waals surface area (Å²) < 4.78 is 5.77. The second-order valence-electron chi connectivity index (χ2n) is 5.50. The monoisotopic (exact) mass is 196 g/mol. The van der Waals surface area contributed by atoms with Crippen LogP contribution in [0.25, 0.3) is 0 Å². The van der Waals surface area contributed by atoms with Gasteiger partial charge in [0.1, 0.15) is 0 Å². The van der Waals surface area contributed by atoms with Crippen molar-refractivity contribution in [1.29, 1.82) is 0 Å². The van der Waals surface area contributed by atoms with Crippen molar-refractivity contribution in [2.24, 2.45) is 17.8 Å². The Morgan fingerprint density at radius 2 is 1.43 bits per heavy atom. The van der Waals surface area contributed by atoms with Gasteiger partial charge in [-0.05, 0) is 50.4 Å². The second kappa shape index (κ2) is 4.65. The molecule has 1 aliphatic heterocycles. The summed E-state index contributed by atoms with van der Waals surface area (Å²) in [6.07, 6.45) is 9.06. The molecule has 1 saturated carbocycles. The first-order chi connectivity index (χ1) is 6.75. The van der Waals surface area contributed by atoms with Crippen molar-refractivity contribution in [2.45, 2.75) is 58.5 Å². The lowest BCUT2D eigenvalue weighted by atomic mass is 9.74. The molecule has 1 nitrogen and oxygen atoms in total. The lowest BCUT2D eigenvalue weighted by Gasteiger charge is -2.36. The average Bonchev–Trinajstić information content (AvgIpc) is 2.21. The predicted molar refractivity (Wildman–Crippen MR) is 59.3 cm³/mol. The minimum atomic E-state index is 0.522. The highest BCUT2D eigenvalue weighted by Gasteiger charge is 2.29. The summed E-state index contributed by atoms with van der Waals surface area (Å²) >= 11 is 0. The van der Waals surface area contributed by atoms with Gasteiger partial charge in [0.15, 0.2) is 0 Å². The van der Waals surface area contributed by atoms with Gasteiger partial charge in [-0.1, -0.05) is 19.8 Å². The van der Waals surface area contributed by atoms with Crippen molar-refractivity contribution in [3.05, 3.63) is 0 Å². The van der Waals surface area contributed by atoms with Crippen LogP contribution in [0.2, 0.25) is 0 Å². The van der Waals surface area contributed by atoms with E-state index in [4.69, 9.17) is 4.74 Å². The molecule has 0 aromatic rings. The van der Waals surface area contributed by atoms with E-state index in [-0.39, 0.29) is 0 Å². The molecule has 1 aliphatic carbocycles. The van der Waals surface area contributed by atoms with Gasteiger partial charge in [-0.15, -0.1) is 0 Å². The van der Waals surface area contributed by atoms with E-state index in [1.165, 1.54) is 38.5 Å². The van der Waals surface area contributed by atoms with E-state index in [1.54, 1.807) is 0 Å². The van der Waals surface area contributed by atoms with Crippen molar-refractivity contribution < 1.29 is 4.74 Å². The Kier molecular flexibility index (Phi) is 3.48. The van der Waals surface area contributed by atoms with Crippen molar-refractivity contribution >= 4 is 0 Å². The molecule has 2 fully saturated rings. The van der Waals surface area contributed by atoms with E-state index in [9.17, 15) is 0 Å². The van der Waals surface area contributed by atoms with Crippen LogP contribution in [0.4, 0.5) is 0 Å². The Bertz CT molecular complexity index is 142. The smallest absolute Gasteiger partial charge is 0.0547 e. The Hall–Kier alpha value is -0.0400. The Labute approximate surface area is 88.2 Å². The van der Waals surface area contributed by atoms with E-state index in [0.717, 1.165) is 24.4 Å². The third-order valence-corrected chi connectivity index (χ3v) is 4.27. The summed E-state index contributed by atoms with van der Waals surface area (Å²) in [4.78, 5) is 0. The van der Waals surface area contributed by atoms with Crippen LogP contribution in [0.15, 0.2) is 0 Å². The van der Waals surface area contributed by atoms with Crippen LogP contribution in [0.3, 0.4) is 0 Å². The van der Waals surface area contributed by atoms with Crippen LogP contribution in [0.5, 0.6) is 0 Å². The first kappa shape index (κ1) is 10.5. The fourth-order valence-electron chi connectivity index (χ4n) is 3.03. The Balaban J connectivity index is 1.78. The molecule has 14 heavy (non-hydrogen) atoms. The van der Waals surface area contributed by atoms with Gasteiger partial charge in [-0.2, -0.15) is 0 Å². The SMILES string of the molecule is CC1CCC(C2CCC(C)OC2)CC1. The largest absolute Gasteiger partial charge is 0.378 e. The van der Waals surface area contributed by atoms with Crippen molar-refractivity contribution in [3.8, 4) is 0 Å². The molecule has 2 atom stereocenters. The molecule has 0 spiro atoms. The van der Waals surface area contributed by atoms with E-state index < -0.39 is 0 Å². The Morgan fingerprint density at radius 1 is 0.786 bits per heavy atom. The van der Waals surface area contributed by atoms with Crippen molar-refractivity contribution in [2.75, 3.05) is 6.61 Å². The molecule has 0 aromatic heterocycles. The molecule has 0 N–H and O–H groups in total. The maximum absolute atomic E-state index is 5.77. The summed E-state index contributed by atoms with van der Waals surface area (Å²) in [6, 6.07) is 0. The lowest BCUT2D eigenvalue weighted by molar-refractivity contribution is -0.0292. The molecule has 0 radical (unpaired) electrons. The van der Waals surface area contributed by atoms with Crippen LogP contribution < -0.4 is 0 Å². The third kappa shape index (κ3) is 2.50. The molecular weight excluding hydrogens is 172 g/mol. The summed E-state index contributed by atoms with van der Waals surface area (Å²) in [5.74, 6) is 2.85. The highest BCUT2D eigenvalue weighted by Crippen LogP contribution is 2.37. The van der Waals surface area contributed by atoms with E-state index in [2.05, 4.69) is 13.8 Å². The number of rotatable bonds is 1. The van der Waals surface area contributed by atoms with Crippen LogP contribution in [0.1, 0.15) is 52.4 Å². The molecule has 0 bridgehead atoms. The van der Waals surface area contributed by atoms with Crippen molar-refractivity contribution in [3.63, 3.8) is 0 Å². The van der Waals surface area contributed by atoms with Gasteiger partial charge in [0.05, 0.1) is 12.7 Å². The fraction of sp³-hybridized carbons (Fsp3) is 1.00. The van der Waals surface area contributed by atoms with Gasteiger partial charge in [-0.3, -0.25) is 0 Å². The number of hydrogen-bond donors (Lipinski definition) is 0. The minimum absolute atomic E-state index is 0.522. The van der Waals surface area contributed by atoms with Gasteiger partial charge in [0.2, 0.25) is 0 Å². The number of ether oxygens (including phenoxy) is 1. The van der Waals surface area contributed by atoms with Crippen LogP contribution in [0, 0.1) is 17.8 Å². The molecule has 1 saturated heterocycles. The van der Waals surface area contributed by atoms with E-state index in [0.29, 0.717) is 6.10 Å². The zero-order chi connectivity index (χ0) is 9.97. The van der Waals surface area contributed by atoms with Gasteiger partial charge >= 0.3 is 0 Å². The first-order valence-electron chi connectivity index (χ1n) is 6.37. The van der Waals surface area contributed by atoms with Crippen LogP contribution in [-0.2, 0) is 4.74 Å². The van der Waals surface area contributed by atoms with Gasteiger partial charge in [-0.25, -0.2) is 0 Å². The highest BCUT2D eigenvalue weighted by atomic mass is 16.5. The third-order valence-electron chi connectivity index (χ3n) is 4.27. The molecule has 2 aliphatic rings. The quantitative estimate of drug-likeness (QED) is 0.622. The summed E-state index contributed by atoms with van der Waals surface area (Å²) in [5.41, 5.74) is 0. The summed E-state index contributed by atoms with van der Waals surface area (Å²) in [6.45, 7) is 5.65. The Morgan fingerprint density at radius 3 is 2.00 bits per heavy atom. The van der Waals surface area contributed by atoms with Gasteiger partial charge in [0.25, 0.3) is 0 Å². The molecule has 0 amide bonds.